The first-order valence-corrected chi connectivity index (χ1v) is 8.14. The molecule has 0 unspecified atom stereocenters. The molecule has 1 aliphatic rings. The number of aliphatic hydroxyl groups excluding tert-OH is 1. The molecule has 1 atom stereocenters. The molecule has 0 radical (unpaired) electrons. The molecule has 0 amide bonds. The summed E-state index contributed by atoms with van der Waals surface area (Å²) < 4.78 is 24.0. The van der Waals surface area contributed by atoms with Gasteiger partial charge >= 0.3 is 0 Å². The summed E-state index contributed by atoms with van der Waals surface area (Å²) in [5.74, 6) is 0.502. The molecule has 9 heteroatoms. The van der Waals surface area contributed by atoms with E-state index in [0.717, 1.165) is 29.7 Å². The molecule has 108 valence electrons. The highest BCUT2D eigenvalue weighted by molar-refractivity contribution is 7.89. The average molecular weight is 297 g/mol. The topological polar surface area (TPSA) is 101 Å². The van der Waals surface area contributed by atoms with Crippen LogP contribution in [0.15, 0.2) is 12.4 Å². The molecular formula is C11H15N5O3S. The highest BCUT2D eigenvalue weighted by Crippen LogP contribution is 2.23. The fraction of sp³-hybridized carbons (Fsp3) is 0.545. The van der Waals surface area contributed by atoms with E-state index >= 15 is 0 Å². The lowest BCUT2D eigenvalue weighted by Crippen LogP contribution is -2.33. The van der Waals surface area contributed by atoms with Crippen molar-refractivity contribution >= 4 is 27.0 Å². The van der Waals surface area contributed by atoms with E-state index in [9.17, 15) is 13.5 Å². The Kier molecular flexibility index (Phi) is 3.09. The monoisotopic (exact) mass is 297 g/mol. The van der Waals surface area contributed by atoms with Gasteiger partial charge in [-0.3, -0.25) is 0 Å². The normalized spacial score (nSPS) is 19.9. The summed E-state index contributed by atoms with van der Waals surface area (Å²) in [6.45, 7) is 0.848. The van der Waals surface area contributed by atoms with Gasteiger partial charge in [-0.05, 0) is 12.8 Å². The molecular weight excluding hydrogens is 282 g/mol. The Morgan fingerprint density at radius 1 is 1.45 bits per heavy atom. The predicted octanol–water partition coefficient (Wildman–Crippen LogP) is -0.405. The lowest BCUT2D eigenvalue weighted by atomic mass is 10.2. The van der Waals surface area contributed by atoms with Gasteiger partial charge in [0.15, 0.2) is 0 Å². The van der Waals surface area contributed by atoms with Gasteiger partial charge in [-0.25, -0.2) is 18.4 Å². The number of anilines is 1. The molecule has 2 aromatic rings. The molecule has 3 rings (SSSR count). The summed E-state index contributed by atoms with van der Waals surface area (Å²) in [4.78, 5) is 10.5. The van der Waals surface area contributed by atoms with Crippen molar-refractivity contribution in [2.75, 3.05) is 24.3 Å². The van der Waals surface area contributed by atoms with Crippen molar-refractivity contribution in [3.8, 4) is 0 Å². The number of fused-ring (bicyclic) bond motifs is 1. The second-order valence-electron chi connectivity index (χ2n) is 4.86. The van der Waals surface area contributed by atoms with Crippen molar-refractivity contribution in [1.29, 1.82) is 0 Å². The van der Waals surface area contributed by atoms with Crippen LogP contribution in [0.25, 0.3) is 11.0 Å². The zero-order chi connectivity index (χ0) is 14.3. The van der Waals surface area contributed by atoms with E-state index in [-0.39, 0.29) is 12.6 Å². The molecule has 8 nitrogen and oxygen atoms in total. The third kappa shape index (κ3) is 2.12. The largest absolute Gasteiger partial charge is 0.394 e. The predicted molar refractivity (Wildman–Crippen MR) is 73.0 cm³/mol. The summed E-state index contributed by atoms with van der Waals surface area (Å²) in [6, 6.07) is 0.0254. The van der Waals surface area contributed by atoms with Gasteiger partial charge in [-0.1, -0.05) is 0 Å². The van der Waals surface area contributed by atoms with Crippen LogP contribution in [0.2, 0.25) is 0 Å². The second-order valence-corrected chi connectivity index (χ2v) is 6.67. The molecule has 2 aromatic heterocycles. The SMILES string of the molecule is CS(=O)(=O)n1ncc2nc(N3CCC[C@@H]3CO)ncc21. The molecule has 0 saturated carbocycles. The minimum Gasteiger partial charge on any atom is -0.394 e. The molecule has 3 heterocycles. The van der Waals surface area contributed by atoms with E-state index < -0.39 is 10.0 Å². The Balaban J connectivity index is 2.04. The maximum atomic E-state index is 11.5. The molecule has 0 spiro atoms. The van der Waals surface area contributed by atoms with Crippen molar-refractivity contribution in [1.82, 2.24) is 19.2 Å². The van der Waals surface area contributed by atoms with Crippen LogP contribution in [0.5, 0.6) is 0 Å². The first kappa shape index (κ1) is 13.3. The minimum absolute atomic E-state index is 0.0254. The molecule has 0 aromatic carbocycles. The highest BCUT2D eigenvalue weighted by atomic mass is 32.2. The van der Waals surface area contributed by atoms with E-state index in [1.165, 1.54) is 12.4 Å². The molecule has 1 fully saturated rings. The summed E-state index contributed by atoms with van der Waals surface area (Å²) >= 11 is 0. The first-order valence-electron chi connectivity index (χ1n) is 6.29. The Bertz CT molecular complexity index is 742. The summed E-state index contributed by atoms with van der Waals surface area (Å²) in [6.07, 6.45) is 5.83. The van der Waals surface area contributed by atoms with Crippen LogP contribution < -0.4 is 4.90 Å². The van der Waals surface area contributed by atoms with Gasteiger partial charge in [0, 0.05) is 6.54 Å². The van der Waals surface area contributed by atoms with Crippen LogP contribution in [0.4, 0.5) is 5.95 Å². The Hall–Kier alpha value is -1.74. The summed E-state index contributed by atoms with van der Waals surface area (Å²) in [5, 5.41) is 13.2. The Labute approximate surface area is 116 Å². The quantitative estimate of drug-likeness (QED) is 0.822. The maximum absolute atomic E-state index is 11.5. The van der Waals surface area contributed by atoms with Crippen LogP contribution >= 0.6 is 0 Å². The smallest absolute Gasteiger partial charge is 0.251 e. The van der Waals surface area contributed by atoms with Crippen molar-refractivity contribution in [2.24, 2.45) is 0 Å². The van der Waals surface area contributed by atoms with Gasteiger partial charge in [0.2, 0.25) is 5.95 Å². The van der Waals surface area contributed by atoms with Gasteiger partial charge in [-0.15, -0.1) is 0 Å². The van der Waals surface area contributed by atoms with E-state index in [2.05, 4.69) is 15.1 Å². The number of hydrogen-bond donors (Lipinski definition) is 1. The van der Waals surface area contributed by atoms with Crippen LogP contribution in [0, 0.1) is 0 Å². The summed E-state index contributed by atoms with van der Waals surface area (Å²) in [5.41, 5.74) is 0.833. The van der Waals surface area contributed by atoms with Crippen LogP contribution in [-0.2, 0) is 10.0 Å². The standard InChI is InChI=1S/C11H15N5O3S/c1-20(18,19)16-10-6-12-11(14-9(10)5-13-16)15-4-2-3-8(15)7-17/h5-6,8,17H,2-4,7H2,1H3/t8-/m1/s1. The van der Waals surface area contributed by atoms with E-state index in [0.29, 0.717) is 17.0 Å². The Morgan fingerprint density at radius 2 is 2.25 bits per heavy atom. The molecule has 1 N–H and O–H groups in total. The van der Waals surface area contributed by atoms with E-state index in [4.69, 9.17) is 0 Å². The number of nitrogens with zero attached hydrogens (tertiary/aromatic N) is 5. The van der Waals surface area contributed by atoms with Crippen molar-refractivity contribution in [3.05, 3.63) is 12.4 Å². The average Bonchev–Trinajstić information content (AvgIpc) is 3.03. The number of hydrogen-bond acceptors (Lipinski definition) is 7. The van der Waals surface area contributed by atoms with E-state index in [1.807, 2.05) is 4.90 Å². The highest BCUT2D eigenvalue weighted by Gasteiger charge is 2.26. The first-order chi connectivity index (χ1) is 9.50. The molecule has 1 aliphatic heterocycles. The fourth-order valence-corrected chi connectivity index (χ4v) is 3.20. The van der Waals surface area contributed by atoms with Crippen molar-refractivity contribution in [2.45, 2.75) is 18.9 Å². The summed E-state index contributed by atoms with van der Waals surface area (Å²) in [7, 11) is -3.46. The third-order valence-corrected chi connectivity index (χ3v) is 4.35. The maximum Gasteiger partial charge on any atom is 0.251 e. The third-order valence-electron chi connectivity index (χ3n) is 3.44. The van der Waals surface area contributed by atoms with Crippen molar-refractivity contribution in [3.63, 3.8) is 0 Å². The Morgan fingerprint density at radius 3 is 2.95 bits per heavy atom. The van der Waals surface area contributed by atoms with E-state index in [1.54, 1.807) is 0 Å². The van der Waals surface area contributed by atoms with Crippen molar-refractivity contribution < 1.29 is 13.5 Å². The van der Waals surface area contributed by atoms with Crippen LogP contribution in [0.1, 0.15) is 12.8 Å². The van der Waals surface area contributed by atoms with Gasteiger partial charge in [0.05, 0.1) is 31.3 Å². The van der Waals surface area contributed by atoms with Gasteiger partial charge in [0.25, 0.3) is 10.0 Å². The number of rotatable bonds is 3. The minimum atomic E-state index is -3.46. The van der Waals surface area contributed by atoms with Gasteiger partial charge in [0.1, 0.15) is 11.0 Å². The zero-order valence-electron chi connectivity index (χ0n) is 11.0. The molecule has 1 saturated heterocycles. The van der Waals surface area contributed by atoms with Gasteiger partial charge < -0.3 is 10.0 Å². The lowest BCUT2D eigenvalue weighted by molar-refractivity contribution is 0.265. The number of aromatic nitrogens is 4. The van der Waals surface area contributed by atoms with Crippen LogP contribution in [0.3, 0.4) is 0 Å². The molecule has 0 bridgehead atoms. The fourth-order valence-electron chi connectivity index (χ4n) is 2.48. The zero-order valence-corrected chi connectivity index (χ0v) is 11.8. The molecule has 0 aliphatic carbocycles. The molecule has 20 heavy (non-hydrogen) atoms. The van der Waals surface area contributed by atoms with Gasteiger partial charge in [-0.2, -0.15) is 9.19 Å². The number of aliphatic hydroxyl groups is 1. The van der Waals surface area contributed by atoms with Crippen LogP contribution in [-0.4, -0.2) is 58.1 Å². The second kappa shape index (κ2) is 4.67. The lowest BCUT2D eigenvalue weighted by Gasteiger charge is -2.22.